The number of H-pyrrole nitrogens is 1. The van der Waals surface area contributed by atoms with Gasteiger partial charge in [0.15, 0.2) is 5.82 Å². The van der Waals surface area contributed by atoms with E-state index in [1.807, 2.05) is 67.6 Å². The lowest BCUT2D eigenvalue weighted by Gasteiger charge is -2.02. The van der Waals surface area contributed by atoms with Gasteiger partial charge in [-0.3, -0.25) is 0 Å². The maximum atomic E-state index is 6.24. The Morgan fingerprint density at radius 1 is 1.21 bits per heavy atom. The molecule has 3 rings (SSSR count). The molecule has 0 bridgehead atoms. The molecule has 1 aromatic heterocycles. The number of benzene rings is 2. The van der Waals surface area contributed by atoms with Gasteiger partial charge in [0.1, 0.15) is 0 Å². The summed E-state index contributed by atoms with van der Waals surface area (Å²) in [4.78, 5) is 0. The van der Waals surface area contributed by atoms with E-state index in [2.05, 4.69) is 15.3 Å². The predicted molar refractivity (Wildman–Crippen MR) is 102 cm³/mol. The van der Waals surface area contributed by atoms with E-state index in [9.17, 15) is 0 Å². The van der Waals surface area contributed by atoms with Crippen molar-refractivity contribution in [2.75, 3.05) is 0 Å². The van der Waals surface area contributed by atoms with Crippen molar-refractivity contribution >= 4 is 36.1 Å². The molecule has 24 heavy (non-hydrogen) atoms. The van der Waals surface area contributed by atoms with E-state index in [0.29, 0.717) is 15.6 Å². The first-order valence-electron chi connectivity index (χ1n) is 7.34. The highest BCUT2D eigenvalue weighted by atomic mass is 35.5. The smallest absolute Gasteiger partial charge is 0.216 e. The van der Waals surface area contributed by atoms with Crippen molar-refractivity contribution < 1.29 is 0 Å². The van der Waals surface area contributed by atoms with Crippen molar-refractivity contribution in [2.45, 2.75) is 6.92 Å². The van der Waals surface area contributed by atoms with Crippen molar-refractivity contribution in [2.24, 2.45) is 5.10 Å². The molecular weight excluding hydrogens is 340 g/mol. The number of halogens is 1. The molecule has 0 fully saturated rings. The number of nitrogens with zero attached hydrogens (tertiary/aromatic N) is 3. The molecular formula is C18H15ClN4S. The molecule has 2 aromatic carbocycles. The van der Waals surface area contributed by atoms with E-state index in [0.717, 1.165) is 16.7 Å². The highest BCUT2D eigenvalue weighted by Crippen LogP contribution is 2.18. The molecule has 0 saturated carbocycles. The van der Waals surface area contributed by atoms with Crippen LogP contribution in [0, 0.1) is 11.7 Å². The van der Waals surface area contributed by atoms with Gasteiger partial charge in [-0.15, -0.1) is 0 Å². The molecule has 0 radical (unpaired) electrons. The van der Waals surface area contributed by atoms with E-state index in [1.54, 1.807) is 10.9 Å². The average molecular weight is 355 g/mol. The number of rotatable bonds is 4. The molecule has 0 aliphatic rings. The van der Waals surface area contributed by atoms with E-state index in [4.69, 9.17) is 23.8 Å². The Labute approximate surface area is 150 Å². The molecule has 0 spiro atoms. The normalized spacial score (nSPS) is 12.0. The number of aryl methyl sites for hydroxylation is 1. The summed E-state index contributed by atoms with van der Waals surface area (Å²) in [7, 11) is 0. The van der Waals surface area contributed by atoms with Crippen molar-refractivity contribution in [1.82, 2.24) is 14.9 Å². The molecule has 6 heteroatoms. The number of hydrogen-bond donors (Lipinski definition) is 1. The number of aromatic amines is 1. The third-order valence-corrected chi connectivity index (χ3v) is 3.80. The van der Waals surface area contributed by atoms with Gasteiger partial charge < -0.3 is 0 Å². The second kappa shape index (κ2) is 7.38. The molecule has 0 amide bonds. The molecule has 0 unspecified atom stereocenters. The predicted octanol–water partition coefficient (Wildman–Crippen LogP) is 5.03. The summed E-state index contributed by atoms with van der Waals surface area (Å²) >= 11 is 11.5. The number of hydrogen-bond acceptors (Lipinski definition) is 3. The van der Waals surface area contributed by atoms with E-state index < -0.39 is 0 Å². The second-order valence-corrected chi connectivity index (χ2v) is 6.04. The van der Waals surface area contributed by atoms with Gasteiger partial charge in [0.2, 0.25) is 4.77 Å². The van der Waals surface area contributed by atoms with Gasteiger partial charge in [-0.05, 0) is 36.8 Å². The summed E-state index contributed by atoms with van der Waals surface area (Å²) in [6.07, 6.45) is 3.39. The van der Waals surface area contributed by atoms with Crippen LogP contribution in [0.1, 0.15) is 11.1 Å². The monoisotopic (exact) mass is 354 g/mol. The summed E-state index contributed by atoms with van der Waals surface area (Å²) in [5.41, 5.74) is 3.07. The van der Waals surface area contributed by atoms with Crippen molar-refractivity contribution in [3.05, 3.63) is 75.5 Å². The zero-order valence-electron chi connectivity index (χ0n) is 13.0. The SMILES string of the molecule is Cc1cccc(-c2n[nH]c(=S)n2/N=C/C(Cl)=C/c2ccccc2)c1. The minimum absolute atomic E-state index is 0.409. The van der Waals surface area contributed by atoms with E-state index in [-0.39, 0.29) is 0 Å². The highest BCUT2D eigenvalue weighted by Gasteiger charge is 2.08. The largest absolute Gasteiger partial charge is 0.250 e. The topological polar surface area (TPSA) is 46.0 Å². The second-order valence-electron chi connectivity index (χ2n) is 5.22. The van der Waals surface area contributed by atoms with Crippen LogP contribution >= 0.6 is 23.8 Å². The zero-order valence-corrected chi connectivity index (χ0v) is 14.6. The number of allylic oxidation sites excluding steroid dienone is 1. The van der Waals surface area contributed by atoms with Gasteiger partial charge in [0.05, 0.1) is 11.2 Å². The van der Waals surface area contributed by atoms with Gasteiger partial charge in [-0.2, -0.15) is 14.9 Å². The van der Waals surface area contributed by atoms with E-state index >= 15 is 0 Å². The molecule has 0 aliphatic heterocycles. The van der Waals surface area contributed by atoms with Crippen LogP contribution < -0.4 is 0 Å². The van der Waals surface area contributed by atoms with Crippen LogP contribution in [0.2, 0.25) is 0 Å². The van der Waals surface area contributed by atoms with Crippen molar-refractivity contribution in [3.8, 4) is 11.4 Å². The summed E-state index contributed by atoms with van der Waals surface area (Å²) in [6.45, 7) is 2.03. The minimum atomic E-state index is 0.409. The van der Waals surface area contributed by atoms with Crippen molar-refractivity contribution in [3.63, 3.8) is 0 Å². The van der Waals surface area contributed by atoms with Gasteiger partial charge in [-0.25, -0.2) is 5.10 Å². The lowest BCUT2D eigenvalue weighted by molar-refractivity contribution is 0.872. The summed E-state index contributed by atoms with van der Waals surface area (Å²) in [5, 5.41) is 11.9. The lowest BCUT2D eigenvalue weighted by Crippen LogP contribution is -1.94. The quantitative estimate of drug-likeness (QED) is 0.527. The van der Waals surface area contributed by atoms with Crippen LogP contribution in [-0.2, 0) is 0 Å². The van der Waals surface area contributed by atoms with Crippen LogP contribution in [0.25, 0.3) is 17.5 Å². The molecule has 0 atom stereocenters. The van der Waals surface area contributed by atoms with Gasteiger partial charge >= 0.3 is 0 Å². The summed E-state index contributed by atoms with van der Waals surface area (Å²) < 4.78 is 1.97. The Balaban J connectivity index is 1.92. The van der Waals surface area contributed by atoms with Crippen LogP contribution in [-0.4, -0.2) is 21.1 Å². The summed E-state index contributed by atoms with van der Waals surface area (Å²) in [6, 6.07) is 17.8. The summed E-state index contributed by atoms with van der Waals surface area (Å²) in [5.74, 6) is 0.643. The highest BCUT2D eigenvalue weighted by molar-refractivity contribution is 7.71. The standard InChI is InChI=1S/C18H15ClN4S/c1-13-6-5-9-15(10-13)17-21-22-18(24)23(17)20-12-16(19)11-14-7-3-2-4-8-14/h2-12H,1H3,(H,22,24)/b16-11-,20-12+. The molecule has 0 saturated heterocycles. The van der Waals surface area contributed by atoms with Gasteiger partial charge in [0, 0.05) is 5.56 Å². The molecule has 4 nitrogen and oxygen atoms in total. The van der Waals surface area contributed by atoms with Crippen molar-refractivity contribution in [1.29, 1.82) is 0 Å². The van der Waals surface area contributed by atoms with E-state index in [1.165, 1.54) is 0 Å². The first kappa shape index (κ1) is 16.4. The lowest BCUT2D eigenvalue weighted by atomic mass is 10.1. The van der Waals surface area contributed by atoms with Crippen LogP contribution in [0.3, 0.4) is 0 Å². The number of aromatic nitrogens is 3. The number of nitrogens with one attached hydrogen (secondary N) is 1. The molecule has 1 heterocycles. The average Bonchev–Trinajstić information content (AvgIpc) is 2.95. The maximum Gasteiger partial charge on any atom is 0.216 e. The Bertz CT molecular complexity index is 954. The Hall–Kier alpha value is -2.50. The fourth-order valence-electron chi connectivity index (χ4n) is 2.23. The zero-order chi connectivity index (χ0) is 16.9. The third kappa shape index (κ3) is 3.88. The fourth-order valence-corrected chi connectivity index (χ4v) is 2.58. The Morgan fingerprint density at radius 2 is 2.00 bits per heavy atom. The van der Waals surface area contributed by atoms with Gasteiger partial charge in [-0.1, -0.05) is 65.7 Å². The first-order chi connectivity index (χ1) is 11.6. The maximum absolute atomic E-state index is 6.24. The van der Waals surface area contributed by atoms with Crippen LogP contribution in [0.15, 0.2) is 64.7 Å². The fraction of sp³-hybridized carbons (Fsp3) is 0.0556. The Kier molecular flexibility index (Phi) is 5.03. The Morgan fingerprint density at radius 3 is 2.75 bits per heavy atom. The molecule has 120 valence electrons. The molecule has 3 aromatic rings. The molecule has 1 N–H and O–H groups in total. The van der Waals surface area contributed by atoms with Crippen LogP contribution in [0.5, 0.6) is 0 Å². The third-order valence-electron chi connectivity index (χ3n) is 3.33. The molecule has 0 aliphatic carbocycles. The minimum Gasteiger partial charge on any atom is -0.250 e. The first-order valence-corrected chi connectivity index (χ1v) is 8.13. The van der Waals surface area contributed by atoms with Crippen LogP contribution in [0.4, 0.5) is 0 Å². The van der Waals surface area contributed by atoms with Gasteiger partial charge in [0.25, 0.3) is 0 Å².